The molecule has 0 aliphatic rings. The summed E-state index contributed by atoms with van der Waals surface area (Å²) < 4.78 is 0.876. The van der Waals surface area contributed by atoms with Crippen LogP contribution in [0.5, 0.6) is 0 Å². The van der Waals surface area contributed by atoms with Gasteiger partial charge >= 0.3 is 0 Å². The maximum absolute atomic E-state index is 8.68. The second-order valence-corrected chi connectivity index (χ2v) is 3.71. The first-order chi connectivity index (χ1) is 5.69. The maximum Gasteiger partial charge on any atom is 0.101 e. The molecule has 1 heterocycles. The molecule has 0 aliphatic heterocycles. The van der Waals surface area contributed by atoms with E-state index in [9.17, 15) is 0 Å². The van der Waals surface area contributed by atoms with Gasteiger partial charge < -0.3 is 0 Å². The van der Waals surface area contributed by atoms with Crippen molar-refractivity contribution >= 4 is 31.9 Å². The summed E-state index contributed by atoms with van der Waals surface area (Å²) in [6, 6.07) is 3.87. The molecule has 1 aromatic heterocycles. The summed E-state index contributed by atoms with van der Waals surface area (Å²) in [5.74, 6) is 0. The van der Waals surface area contributed by atoms with Crippen LogP contribution in [0.1, 0.15) is 17.0 Å². The highest BCUT2D eigenvalue weighted by atomic mass is 79.9. The standard InChI is InChI=1S/C8H6Br2N2/c1-5-6(4-11)2-7(10)8(3-9)12-5/h2H,3H2,1H3. The first-order valence-electron chi connectivity index (χ1n) is 3.31. The Labute approximate surface area is 87.9 Å². The van der Waals surface area contributed by atoms with Gasteiger partial charge in [0, 0.05) is 9.80 Å². The Morgan fingerprint density at radius 3 is 2.83 bits per heavy atom. The topological polar surface area (TPSA) is 36.7 Å². The van der Waals surface area contributed by atoms with Crippen molar-refractivity contribution in [1.29, 1.82) is 5.26 Å². The predicted octanol–water partition coefficient (Wildman–Crippen LogP) is 2.92. The van der Waals surface area contributed by atoms with E-state index in [0.29, 0.717) is 10.9 Å². The van der Waals surface area contributed by atoms with E-state index in [1.165, 1.54) is 0 Å². The van der Waals surface area contributed by atoms with E-state index in [4.69, 9.17) is 5.26 Å². The summed E-state index contributed by atoms with van der Waals surface area (Å²) in [7, 11) is 0. The number of aryl methyl sites for hydroxylation is 1. The van der Waals surface area contributed by atoms with Gasteiger partial charge in [-0.3, -0.25) is 4.98 Å². The molecule has 1 rings (SSSR count). The molecule has 1 aromatic rings. The molecular weight excluding hydrogens is 284 g/mol. The molecule has 12 heavy (non-hydrogen) atoms. The van der Waals surface area contributed by atoms with Gasteiger partial charge in [0.2, 0.25) is 0 Å². The number of alkyl halides is 1. The van der Waals surface area contributed by atoms with Crippen molar-refractivity contribution in [3.63, 3.8) is 0 Å². The van der Waals surface area contributed by atoms with Crippen LogP contribution in [-0.2, 0) is 5.33 Å². The Morgan fingerprint density at radius 1 is 1.67 bits per heavy atom. The lowest BCUT2D eigenvalue weighted by Crippen LogP contribution is -1.94. The fourth-order valence-electron chi connectivity index (χ4n) is 0.837. The first-order valence-corrected chi connectivity index (χ1v) is 5.22. The first kappa shape index (κ1) is 9.69. The summed E-state index contributed by atoms with van der Waals surface area (Å²) in [5.41, 5.74) is 2.31. The fraction of sp³-hybridized carbons (Fsp3) is 0.250. The van der Waals surface area contributed by atoms with E-state index in [1.807, 2.05) is 6.92 Å². The Bertz CT molecular complexity index is 341. The molecule has 0 aromatic carbocycles. The molecule has 0 amide bonds. The molecule has 0 radical (unpaired) electrons. The van der Waals surface area contributed by atoms with Crippen LogP contribution in [0.25, 0.3) is 0 Å². The minimum atomic E-state index is 0.617. The molecule has 62 valence electrons. The molecule has 0 fully saturated rings. The summed E-state index contributed by atoms with van der Waals surface area (Å²) in [4.78, 5) is 4.25. The monoisotopic (exact) mass is 288 g/mol. The zero-order valence-corrected chi connectivity index (χ0v) is 9.61. The molecule has 2 nitrogen and oxygen atoms in total. The zero-order valence-electron chi connectivity index (χ0n) is 6.43. The molecule has 4 heteroatoms. The predicted molar refractivity (Wildman–Crippen MR) is 54.0 cm³/mol. The fourth-order valence-corrected chi connectivity index (χ4v) is 2.10. The van der Waals surface area contributed by atoms with Gasteiger partial charge in [0.25, 0.3) is 0 Å². The van der Waals surface area contributed by atoms with E-state index in [1.54, 1.807) is 6.07 Å². The average molecular weight is 290 g/mol. The summed E-state index contributed by atoms with van der Waals surface area (Å²) in [5, 5.41) is 9.38. The van der Waals surface area contributed by atoms with Gasteiger partial charge in [-0.05, 0) is 28.9 Å². The minimum Gasteiger partial charge on any atom is -0.255 e. The van der Waals surface area contributed by atoms with E-state index < -0.39 is 0 Å². The number of halogens is 2. The van der Waals surface area contributed by atoms with Crippen molar-refractivity contribution in [2.75, 3.05) is 0 Å². The highest BCUT2D eigenvalue weighted by Crippen LogP contribution is 2.20. The molecule has 0 N–H and O–H groups in total. The zero-order chi connectivity index (χ0) is 9.14. The lowest BCUT2D eigenvalue weighted by molar-refractivity contribution is 1.08. The van der Waals surface area contributed by atoms with Gasteiger partial charge in [-0.1, -0.05) is 15.9 Å². The molecule has 0 saturated heterocycles. The summed E-state index contributed by atoms with van der Waals surface area (Å²) >= 11 is 6.65. The van der Waals surface area contributed by atoms with E-state index in [-0.39, 0.29) is 0 Å². The Morgan fingerprint density at radius 2 is 2.33 bits per heavy atom. The third kappa shape index (κ3) is 1.85. The number of nitrogens with zero attached hydrogens (tertiary/aromatic N) is 2. The van der Waals surface area contributed by atoms with Gasteiger partial charge in [-0.15, -0.1) is 0 Å². The lowest BCUT2D eigenvalue weighted by Gasteiger charge is -2.02. The van der Waals surface area contributed by atoms with Crippen LogP contribution in [-0.4, -0.2) is 4.98 Å². The largest absolute Gasteiger partial charge is 0.255 e. The van der Waals surface area contributed by atoms with Crippen LogP contribution in [0.2, 0.25) is 0 Å². The van der Waals surface area contributed by atoms with Crippen LogP contribution in [0.4, 0.5) is 0 Å². The van der Waals surface area contributed by atoms with Gasteiger partial charge in [0.05, 0.1) is 17.0 Å². The van der Waals surface area contributed by atoms with Gasteiger partial charge in [-0.25, -0.2) is 0 Å². The van der Waals surface area contributed by atoms with Gasteiger partial charge in [0.1, 0.15) is 6.07 Å². The van der Waals surface area contributed by atoms with Crippen LogP contribution in [0.3, 0.4) is 0 Å². The van der Waals surface area contributed by atoms with Crippen LogP contribution in [0, 0.1) is 18.3 Å². The van der Waals surface area contributed by atoms with E-state index in [2.05, 4.69) is 42.9 Å². The Hall–Kier alpha value is -0.400. The summed E-state index contributed by atoms with van der Waals surface area (Å²) in [6.07, 6.45) is 0. The number of rotatable bonds is 1. The molecule has 0 spiro atoms. The number of hydrogen-bond donors (Lipinski definition) is 0. The average Bonchev–Trinajstić information content (AvgIpc) is 2.08. The second kappa shape index (κ2) is 4.01. The second-order valence-electron chi connectivity index (χ2n) is 2.30. The van der Waals surface area contributed by atoms with Crippen molar-refractivity contribution < 1.29 is 0 Å². The normalized spacial score (nSPS) is 9.50. The van der Waals surface area contributed by atoms with E-state index >= 15 is 0 Å². The molecule has 0 saturated carbocycles. The van der Waals surface area contributed by atoms with Crippen LogP contribution < -0.4 is 0 Å². The maximum atomic E-state index is 8.68. The minimum absolute atomic E-state index is 0.617. The number of nitriles is 1. The Balaban J connectivity index is 3.28. The van der Waals surface area contributed by atoms with Crippen LogP contribution >= 0.6 is 31.9 Å². The van der Waals surface area contributed by atoms with Crippen molar-refractivity contribution in [1.82, 2.24) is 4.98 Å². The molecule has 0 unspecified atom stereocenters. The number of aromatic nitrogens is 1. The molecule has 0 aliphatic carbocycles. The molecule has 0 bridgehead atoms. The SMILES string of the molecule is Cc1nc(CBr)c(Br)cc1C#N. The van der Waals surface area contributed by atoms with E-state index in [0.717, 1.165) is 15.9 Å². The van der Waals surface area contributed by atoms with Crippen LogP contribution in [0.15, 0.2) is 10.5 Å². The van der Waals surface area contributed by atoms with Crippen molar-refractivity contribution in [3.05, 3.63) is 27.5 Å². The third-order valence-corrected chi connectivity index (χ3v) is 2.70. The smallest absolute Gasteiger partial charge is 0.101 e. The lowest BCUT2D eigenvalue weighted by atomic mass is 10.2. The third-order valence-electron chi connectivity index (χ3n) is 1.49. The van der Waals surface area contributed by atoms with Gasteiger partial charge in [0.15, 0.2) is 0 Å². The summed E-state index contributed by atoms with van der Waals surface area (Å²) in [6.45, 7) is 1.83. The Kier molecular flexibility index (Phi) is 3.24. The molecular formula is C8H6Br2N2. The molecule has 0 atom stereocenters. The van der Waals surface area contributed by atoms with Crippen molar-refractivity contribution in [3.8, 4) is 6.07 Å². The van der Waals surface area contributed by atoms with Crippen molar-refractivity contribution in [2.45, 2.75) is 12.3 Å². The highest BCUT2D eigenvalue weighted by molar-refractivity contribution is 9.10. The quantitative estimate of drug-likeness (QED) is 0.746. The highest BCUT2D eigenvalue weighted by Gasteiger charge is 2.04. The van der Waals surface area contributed by atoms with Crippen molar-refractivity contribution in [2.24, 2.45) is 0 Å². The number of pyridine rings is 1. The van der Waals surface area contributed by atoms with Gasteiger partial charge in [-0.2, -0.15) is 5.26 Å². The number of hydrogen-bond acceptors (Lipinski definition) is 2.